The number of hydrogen-bond donors (Lipinski definition) is 0. The van der Waals surface area contributed by atoms with Gasteiger partial charge in [0.05, 0.1) is 22.7 Å². The molecule has 0 N–H and O–H groups in total. The number of carbonyl (C=O) groups is 1. The maximum Gasteiger partial charge on any atom is 0.337 e. The van der Waals surface area contributed by atoms with E-state index >= 15 is 0 Å². The van der Waals surface area contributed by atoms with Crippen molar-refractivity contribution in [2.24, 2.45) is 0 Å². The Morgan fingerprint density at radius 2 is 1.86 bits per heavy atom. The highest BCUT2D eigenvalue weighted by molar-refractivity contribution is 9.10. The number of benzene rings is 2. The topological polar surface area (TPSA) is 52.1 Å². The second kappa shape index (κ2) is 5.61. The summed E-state index contributed by atoms with van der Waals surface area (Å²) in [5.41, 5.74) is 2.90. The van der Waals surface area contributed by atoms with E-state index in [0.717, 1.165) is 21.1 Å². The molecule has 104 valence electrons. The minimum absolute atomic E-state index is 0.373. The van der Waals surface area contributed by atoms with Crippen LogP contribution < -0.4 is 0 Å². The lowest BCUT2D eigenvalue weighted by Crippen LogP contribution is -2.01. The zero-order chi connectivity index (χ0) is 14.8. The van der Waals surface area contributed by atoms with E-state index in [1.807, 2.05) is 30.3 Å². The minimum atomic E-state index is -0.373. The quantitative estimate of drug-likeness (QED) is 0.664. The van der Waals surface area contributed by atoms with Crippen molar-refractivity contribution in [1.82, 2.24) is 10.2 Å². The SMILES string of the molecule is COC(=O)c1ccc2nnc(-c3ccccc3)c(Br)c2c1. The number of aromatic nitrogens is 2. The van der Waals surface area contributed by atoms with Gasteiger partial charge in [0.2, 0.25) is 0 Å². The molecule has 0 amide bonds. The first kappa shape index (κ1) is 13.7. The van der Waals surface area contributed by atoms with Crippen LogP contribution in [-0.4, -0.2) is 23.3 Å². The van der Waals surface area contributed by atoms with Gasteiger partial charge in [-0.3, -0.25) is 0 Å². The Kier molecular flexibility index (Phi) is 3.66. The van der Waals surface area contributed by atoms with Crippen molar-refractivity contribution in [1.29, 1.82) is 0 Å². The zero-order valence-electron chi connectivity index (χ0n) is 11.2. The molecule has 2 aromatic carbocycles. The van der Waals surface area contributed by atoms with Gasteiger partial charge in [0.1, 0.15) is 5.69 Å². The van der Waals surface area contributed by atoms with Crippen molar-refractivity contribution < 1.29 is 9.53 Å². The van der Waals surface area contributed by atoms with E-state index in [1.165, 1.54) is 7.11 Å². The normalized spacial score (nSPS) is 10.6. The third-order valence-corrected chi connectivity index (χ3v) is 3.97. The summed E-state index contributed by atoms with van der Waals surface area (Å²) in [5.74, 6) is -0.373. The molecule has 1 heterocycles. The summed E-state index contributed by atoms with van der Waals surface area (Å²) in [6.07, 6.45) is 0. The number of carbonyl (C=O) groups excluding carboxylic acids is 1. The van der Waals surface area contributed by atoms with Gasteiger partial charge in [-0.2, -0.15) is 0 Å². The molecule has 0 aliphatic rings. The fourth-order valence-corrected chi connectivity index (χ4v) is 2.73. The van der Waals surface area contributed by atoms with Crippen LogP contribution in [0, 0.1) is 0 Å². The molecule has 0 unspecified atom stereocenters. The van der Waals surface area contributed by atoms with Crippen LogP contribution in [0.2, 0.25) is 0 Å². The Balaban J connectivity index is 2.21. The maximum absolute atomic E-state index is 11.6. The van der Waals surface area contributed by atoms with Crippen molar-refractivity contribution in [3.8, 4) is 11.3 Å². The minimum Gasteiger partial charge on any atom is -0.465 e. The van der Waals surface area contributed by atoms with Crippen LogP contribution in [0.15, 0.2) is 53.0 Å². The lowest BCUT2D eigenvalue weighted by molar-refractivity contribution is 0.0601. The molecule has 0 bridgehead atoms. The van der Waals surface area contributed by atoms with E-state index in [0.29, 0.717) is 11.1 Å². The van der Waals surface area contributed by atoms with Crippen LogP contribution in [0.25, 0.3) is 22.2 Å². The van der Waals surface area contributed by atoms with E-state index in [1.54, 1.807) is 18.2 Å². The van der Waals surface area contributed by atoms with Gasteiger partial charge >= 0.3 is 5.97 Å². The predicted molar refractivity (Wildman–Crippen MR) is 84.0 cm³/mol. The van der Waals surface area contributed by atoms with Gasteiger partial charge in [-0.05, 0) is 34.1 Å². The monoisotopic (exact) mass is 342 g/mol. The van der Waals surface area contributed by atoms with Crippen LogP contribution in [0.5, 0.6) is 0 Å². The highest BCUT2D eigenvalue weighted by Gasteiger charge is 2.13. The number of rotatable bonds is 2. The lowest BCUT2D eigenvalue weighted by atomic mass is 10.1. The third-order valence-electron chi connectivity index (χ3n) is 3.17. The van der Waals surface area contributed by atoms with Crippen molar-refractivity contribution in [2.75, 3.05) is 7.11 Å². The Morgan fingerprint density at radius 3 is 2.57 bits per heavy atom. The van der Waals surface area contributed by atoms with E-state index < -0.39 is 0 Å². The molecule has 0 aliphatic carbocycles. The van der Waals surface area contributed by atoms with Gasteiger partial charge in [0.15, 0.2) is 0 Å². The van der Waals surface area contributed by atoms with Crippen LogP contribution in [-0.2, 0) is 4.74 Å². The number of esters is 1. The predicted octanol–water partition coefficient (Wildman–Crippen LogP) is 3.85. The fraction of sp³-hybridized carbons (Fsp3) is 0.0625. The first-order valence-corrected chi connectivity index (χ1v) is 7.09. The molecule has 3 rings (SSSR count). The molecule has 0 saturated heterocycles. The smallest absolute Gasteiger partial charge is 0.337 e. The Labute approximate surface area is 129 Å². The summed E-state index contributed by atoms with van der Waals surface area (Å²) in [5, 5.41) is 9.30. The molecule has 1 aromatic heterocycles. The molecular weight excluding hydrogens is 332 g/mol. The van der Waals surface area contributed by atoms with Crippen LogP contribution in [0.4, 0.5) is 0 Å². The highest BCUT2D eigenvalue weighted by Crippen LogP contribution is 2.32. The van der Waals surface area contributed by atoms with Gasteiger partial charge in [-0.25, -0.2) is 4.79 Å². The fourth-order valence-electron chi connectivity index (χ4n) is 2.10. The van der Waals surface area contributed by atoms with Crippen LogP contribution in [0.3, 0.4) is 0 Å². The third kappa shape index (κ3) is 2.52. The molecule has 4 nitrogen and oxygen atoms in total. The molecule has 5 heteroatoms. The van der Waals surface area contributed by atoms with Gasteiger partial charge < -0.3 is 4.74 Å². The number of halogens is 1. The molecule has 0 aliphatic heterocycles. The average Bonchev–Trinajstić information content (AvgIpc) is 2.55. The Morgan fingerprint density at radius 1 is 1.10 bits per heavy atom. The second-order valence-corrected chi connectivity index (χ2v) is 5.25. The molecule has 0 saturated carbocycles. The van der Waals surface area contributed by atoms with Gasteiger partial charge in [-0.1, -0.05) is 30.3 Å². The largest absolute Gasteiger partial charge is 0.465 e. The number of ether oxygens (including phenoxy) is 1. The lowest BCUT2D eigenvalue weighted by Gasteiger charge is -2.07. The number of hydrogen-bond acceptors (Lipinski definition) is 4. The van der Waals surface area contributed by atoms with Crippen molar-refractivity contribution >= 4 is 32.8 Å². The van der Waals surface area contributed by atoms with Crippen LogP contribution in [0.1, 0.15) is 10.4 Å². The van der Waals surface area contributed by atoms with Gasteiger partial charge in [0.25, 0.3) is 0 Å². The molecule has 0 fully saturated rings. The molecule has 0 spiro atoms. The molecule has 21 heavy (non-hydrogen) atoms. The number of nitrogens with zero attached hydrogens (tertiary/aromatic N) is 2. The zero-order valence-corrected chi connectivity index (χ0v) is 12.8. The van der Waals surface area contributed by atoms with E-state index in [9.17, 15) is 4.79 Å². The second-order valence-electron chi connectivity index (χ2n) is 4.45. The first-order valence-electron chi connectivity index (χ1n) is 6.30. The van der Waals surface area contributed by atoms with Gasteiger partial charge in [0, 0.05) is 10.9 Å². The molecule has 3 aromatic rings. The summed E-state index contributed by atoms with van der Waals surface area (Å²) in [6.45, 7) is 0. The van der Waals surface area contributed by atoms with E-state index in [4.69, 9.17) is 4.74 Å². The first-order chi connectivity index (χ1) is 10.2. The molecule has 0 atom stereocenters. The van der Waals surface area contributed by atoms with E-state index in [-0.39, 0.29) is 5.97 Å². The maximum atomic E-state index is 11.6. The number of fused-ring (bicyclic) bond motifs is 1. The van der Waals surface area contributed by atoms with Crippen molar-refractivity contribution in [2.45, 2.75) is 0 Å². The van der Waals surface area contributed by atoms with E-state index in [2.05, 4.69) is 26.1 Å². The Hall–Kier alpha value is -2.27. The molecule has 0 radical (unpaired) electrons. The summed E-state index contributed by atoms with van der Waals surface area (Å²) in [6, 6.07) is 15.0. The summed E-state index contributed by atoms with van der Waals surface area (Å²) in [7, 11) is 1.36. The highest BCUT2D eigenvalue weighted by atomic mass is 79.9. The van der Waals surface area contributed by atoms with Crippen molar-refractivity contribution in [3.63, 3.8) is 0 Å². The summed E-state index contributed by atoms with van der Waals surface area (Å²) >= 11 is 3.57. The number of methoxy groups -OCH3 is 1. The standard InChI is InChI=1S/C16H11BrN2O2/c1-21-16(20)11-7-8-13-12(9-11)14(17)15(19-18-13)10-5-3-2-4-6-10/h2-9H,1H3. The van der Waals surface area contributed by atoms with Gasteiger partial charge in [-0.15, -0.1) is 10.2 Å². The van der Waals surface area contributed by atoms with Crippen molar-refractivity contribution in [3.05, 3.63) is 58.6 Å². The summed E-state index contributed by atoms with van der Waals surface area (Å²) in [4.78, 5) is 11.6. The molecular formula is C16H11BrN2O2. The average molecular weight is 343 g/mol. The Bertz CT molecular complexity index is 819. The summed E-state index contributed by atoms with van der Waals surface area (Å²) < 4.78 is 5.56. The van der Waals surface area contributed by atoms with Crippen LogP contribution >= 0.6 is 15.9 Å².